The lowest BCUT2D eigenvalue weighted by atomic mass is 10.1. The third kappa shape index (κ3) is 2.93. The van der Waals surface area contributed by atoms with Crippen molar-refractivity contribution in [1.82, 2.24) is 0 Å². The van der Waals surface area contributed by atoms with Gasteiger partial charge in [0.15, 0.2) is 5.60 Å². The second kappa shape index (κ2) is 6.83. The number of carboxylic acid groups (broad SMARTS) is 1. The quantitative estimate of drug-likeness (QED) is 0.763. The number of ether oxygens (including phenoxy) is 1. The monoisotopic (exact) mass is 396 g/mol. The molecule has 1 N–H and O–H groups in total. The van der Waals surface area contributed by atoms with E-state index in [4.69, 9.17) is 9.16 Å². The summed E-state index contributed by atoms with van der Waals surface area (Å²) in [4.78, 5) is 11.6. The summed E-state index contributed by atoms with van der Waals surface area (Å²) in [6, 6.07) is 21.1. The van der Waals surface area contributed by atoms with Gasteiger partial charge in [-0.25, -0.2) is 4.79 Å². The maximum Gasteiger partial charge on any atom is 0.336 e. The molecular weight excluding hydrogens is 368 g/mol. The Balaban J connectivity index is 1.69. The molecule has 2 aromatic carbocycles. The number of benzene rings is 2. The highest BCUT2D eigenvalue weighted by molar-refractivity contribution is 6.99. The number of hydrogen-bond donors (Lipinski definition) is 1. The molecule has 2 fully saturated rings. The van der Waals surface area contributed by atoms with Crippen LogP contribution in [0.1, 0.15) is 27.2 Å². The first-order chi connectivity index (χ1) is 13.3. The molecule has 1 aliphatic heterocycles. The Kier molecular flexibility index (Phi) is 4.72. The van der Waals surface area contributed by atoms with E-state index in [0.717, 1.165) is 0 Å². The number of carboxylic acids is 1. The predicted molar refractivity (Wildman–Crippen MR) is 111 cm³/mol. The molecule has 3 atom stereocenters. The molecule has 2 aromatic rings. The lowest BCUT2D eigenvalue weighted by molar-refractivity contribution is -0.151. The lowest BCUT2D eigenvalue weighted by Gasteiger charge is -2.43. The fraction of sp³-hybridized carbons (Fsp3) is 0.435. The number of hydrogen-bond acceptors (Lipinski definition) is 3. The van der Waals surface area contributed by atoms with Gasteiger partial charge in [-0.15, -0.1) is 0 Å². The van der Waals surface area contributed by atoms with Crippen molar-refractivity contribution in [2.24, 2.45) is 11.8 Å². The van der Waals surface area contributed by atoms with Crippen molar-refractivity contribution < 1.29 is 19.1 Å². The zero-order valence-electron chi connectivity index (χ0n) is 16.7. The Bertz CT molecular complexity index is 806. The van der Waals surface area contributed by atoms with Gasteiger partial charge in [-0.05, 0) is 21.8 Å². The smallest absolute Gasteiger partial charge is 0.336 e. The van der Waals surface area contributed by atoms with E-state index < -0.39 is 19.9 Å². The van der Waals surface area contributed by atoms with Crippen LogP contribution < -0.4 is 10.4 Å². The van der Waals surface area contributed by atoms with Crippen LogP contribution in [0.15, 0.2) is 60.7 Å². The Hall–Kier alpha value is -1.95. The molecule has 1 saturated carbocycles. The molecule has 0 spiro atoms. The Labute approximate surface area is 167 Å². The van der Waals surface area contributed by atoms with Crippen LogP contribution in [0.3, 0.4) is 0 Å². The van der Waals surface area contributed by atoms with Crippen molar-refractivity contribution in [3.05, 3.63) is 60.7 Å². The van der Waals surface area contributed by atoms with Gasteiger partial charge in [0.2, 0.25) is 0 Å². The van der Waals surface area contributed by atoms with E-state index in [0.29, 0.717) is 19.6 Å². The van der Waals surface area contributed by atoms with Gasteiger partial charge in [0.1, 0.15) is 0 Å². The topological polar surface area (TPSA) is 55.8 Å². The molecule has 4 rings (SSSR count). The van der Waals surface area contributed by atoms with E-state index in [1.165, 1.54) is 10.4 Å². The van der Waals surface area contributed by atoms with E-state index in [1.807, 2.05) is 12.1 Å². The minimum atomic E-state index is -2.58. The van der Waals surface area contributed by atoms with E-state index in [1.54, 1.807) is 0 Å². The van der Waals surface area contributed by atoms with Crippen molar-refractivity contribution in [3.63, 3.8) is 0 Å². The highest BCUT2D eigenvalue weighted by Gasteiger charge is 2.69. The summed E-state index contributed by atoms with van der Waals surface area (Å²) in [5.74, 6) is -0.619. The standard InChI is InChI=1S/C23H28O4Si/c1-22(2,3)28(18-10-6-4-7-11-18,19-12-8-5-9-13-19)27-16-17-15-26-23(21(24)25)14-20(17)23/h4-13,17,20H,14-16H2,1-3H3,(H,24,25)/t17-,20-,23-/m1/s1. The molecule has 5 heteroatoms. The van der Waals surface area contributed by atoms with Crippen LogP contribution in [0.25, 0.3) is 0 Å². The highest BCUT2D eigenvalue weighted by atomic mass is 28.4. The Morgan fingerprint density at radius 1 is 1.11 bits per heavy atom. The summed E-state index contributed by atoms with van der Waals surface area (Å²) in [6.07, 6.45) is 0.608. The lowest BCUT2D eigenvalue weighted by Crippen LogP contribution is -2.67. The van der Waals surface area contributed by atoms with Crippen LogP contribution in [0.2, 0.25) is 5.04 Å². The second-order valence-electron chi connectivity index (χ2n) is 9.05. The molecule has 28 heavy (non-hydrogen) atoms. The summed E-state index contributed by atoms with van der Waals surface area (Å²) in [5.41, 5.74) is -0.945. The maximum atomic E-state index is 11.6. The molecule has 2 aliphatic rings. The largest absolute Gasteiger partial charge is 0.479 e. The first kappa shape index (κ1) is 19.4. The minimum Gasteiger partial charge on any atom is -0.479 e. The van der Waals surface area contributed by atoms with Gasteiger partial charge >= 0.3 is 5.97 Å². The van der Waals surface area contributed by atoms with Crippen LogP contribution in [0.4, 0.5) is 0 Å². The first-order valence-electron chi connectivity index (χ1n) is 9.94. The Morgan fingerprint density at radius 3 is 2.04 bits per heavy atom. The fourth-order valence-electron chi connectivity index (χ4n) is 4.82. The molecule has 4 nitrogen and oxygen atoms in total. The van der Waals surface area contributed by atoms with Gasteiger partial charge in [0.05, 0.1) is 6.61 Å². The van der Waals surface area contributed by atoms with E-state index >= 15 is 0 Å². The number of fused-ring (bicyclic) bond motifs is 1. The molecule has 0 aromatic heterocycles. The molecule has 0 bridgehead atoms. The number of rotatable bonds is 6. The molecule has 1 saturated heterocycles. The van der Waals surface area contributed by atoms with Crippen molar-refractivity contribution in [2.45, 2.75) is 37.8 Å². The second-order valence-corrected chi connectivity index (χ2v) is 13.4. The molecule has 0 unspecified atom stereocenters. The maximum absolute atomic E-state index is 11.6. The molecule has 148 valence electrons. The number of aliphatic carboxylic acids is 1. The van der Waals surface area contributed by atoms with Crippen molar-refractivity contribution >= 4 is 24.7 Å². The van der Waals surface area contributed by atoms with Gasteiger partial charge in [0, 0.05) is 18.4 Å². The van der Waals surface area contributed by atoms with Gasteiger partial charge in [-0.1, -0.05) is 81.4 Å². The summed E-state index contributed by atoms with van der Waals surface area (Å²) in [6.45, 7) is 7.76. The summed E-state index contributed by atoms with van der Waals surface area (Å²) in [5, 5.41) is 11.9. The van der Waals surface area contributed by atoms with Crippen molar-refractivity contribution in [3.8, 4) is 0 Å². The zero-order valence-corrected chi connectivity index (χ0v) is 17.7. The van der Waals surface area contributed by atoms with Gasteiger partial charge in [0.25, 0.3) is 8.32 Å². The van der Waals surface area contributed by atoms with Gasteiger partial charge in [-0.2, -0.15) is 0 Å². The molecule has 0 radical (unpaired) electrons. The average Bonchev–Trinajstić information content (AvgIpc) is 3.32. The SMILES string of the molecule is CC(C)(C)[Si](OC[C@H]1CO[C@]2(C(=O)O)C[C@H]12)(c1ccccc1)c1ccccc1. The third-order valence-corrected chi connectivity index (χ3v) is 11.4. The van der Waals surface area contributed by atoms with E-state index in [-0.39, 0.29) is 16.9 Å². The number of carbonyl (C=O) groups is 1. The van der Waals surface area contributed by atoms with Crippen LogP contribution in [0.5, 0.6) is 0 Å². The van der Waals surface area contributed by atoms with Crippen LogP contribution in [0, 0.1) is 11.8 Å². The molecule has 1 aliphatic carbocycles. The highest BCUT2D eigenvalue weighted by Crippen LogP contribution is 2.57. The summed E-state index contributed by atoms with van der Waals surface area (Å²) >= 11 is 0. The Morgan fingerprint density at radius 2 is 1.64 bits per heavy atom. The van der Waals surface area contributed by atoms with E-state index in [9.17, 15) is 9.90 Å². The average molecular weight is 397 g/mol. The molecule has 1 heterocycles. The van der Waals surface area contributed by atoms with Crippen LogP contribution in [-0.2, 0) is 14.0 Å². The van der Waals surface area contributed by atoms with Crippen molar-refractivity contribution in [2.75, 3.05) is 13.2 Å². The van der Waals surface area contributed by atoms with Crippen LogP contribution in [-0.4, -0.2) is 38.2 Å². The van der Waals surface area contributed by atoms with E-state index in [2.05, 4.69) is 69.3 Å². The molecule has 0 amide bonds. The fourth-order valence-corrected chi connectivity index (χ4v) is 9.44. The van der Waals surface area contributed by atoms with Gasteiger partial charge < -0.3 is 14.3 Å². The first-order valence-corrected chi connectivity index (χ1v) is 11.8. The summed E-state index contributed by atoms with van der Waals surface area (Å²) in [7, 11) is -2.58. The normalized spacial score (nSPS) is 26.7. The van der Waals surface area contributed by atoms with Crippen LogP contribution >= 0.6 is 0 Å². The minimum absolute atomic E-state index is 0.0724. The van der Waals surface area contributed by atoms with Gasteiger partial charge in [-0.3, -0.25) is 0 Å². The molecular formula is C23H28O4Si. The van der Waals surface area contributed by atoms with Crippen molar-refractivity contribution in [1.29, 1.82) is 0 Å². The zero-order chi connectivity index (χ0) is 20.0. The predicted octanol–water partition coefficient (Wildman–Crippen LogP) is 3.05. The summed E-state index contributed by atoms with van der Waals surface area (Å²) < 4.78 is 12.6. The third-order valence-electron chi connectivity index (χ3n) is 6.38.